The Morgan fingerprint density at radius 3 is 2.65 bits per heavy atom. The number of guanidine groups is 1. The Balaban J connectivity index is 1.98. The lowest BCUT2D eigenvalue weighted by Gasteiger charge is -2.39. The van der Waals surface area contributed by atoms with Gasteiger partial charge in [-0.15, -0.1) is 0 Å². The van der Waals surface area contributed by atoms with Crippen molar-refractivity contribution in [3.05, 3.63) is 34.9 Å². The average Bonchev–Trinajstić information content (AvgIpc) is 3.01. The zero-order valence-electron chi connectivity index (χ0n) is 17.0. The molecule has 3 rings (SSSR count). The number of aryl methyl sites for hydroxylation is 2. The summed E-state index contributed by atoms with van der Waals surface area (Å²) >= 11 is 0. The van der Waals surface area contributed by atoms with Crippen molar-refractivity contribution in [1.82, 2.24) is 10.4 Å². The molecule has 0 radical (unpaired) electrons. The number of benzene rings is 1. The van der Waals surface area contributed by atoms with E-state index in [1.165, 1.54) is 68.1 Å². The van der Waals surface area contributed by atoms with Crippen LogP contribution in [-0.2, 0) is 17.0 Å². The summed E-state index contributed by atoms with van der Waals surface area (Å²) < 4.78 is 0. The third kappa shape index (κ3) is 3.75. The molecule has 26 heavy (non-hydrogen) atoms. The minimum atomic E-state index is -0.477. The Morgan fingerprint density at radius 1 is 1.23 bits per heavy atom. The number of nitrogens with one attached hydrogen (secondary N) is 1. The quantitative estimate of drug-likeness (QED) is 0.735. The maximum absolute atomic E-state index is 6.53. The normalized spacial score (nSPS) is 25.7. The van der Waals surface area contributed by atoms with Gasteiger partial charge in [0.15, 0.2) is 5.72 Å². The first-order chi connectivity index (χ1) is 12.6. The molecule has 1 aliphatic heterocycles. The lowest BCUT2D eigenvalue weighted by molar-refractivity contribution is -0.202. The number of nitrogens with zero attached hydrogens (tertiary/aromatic N) is 2. The standard InChI is InChI=1S/C22H35N3O/c1-5-6-8-11-18-15-14-17(2)20(16-18)22(19-12-9-7-10-13-19)24-21(23-3)25(4)26-22/h14-16,19H,5-13H2,1-4H3,(H,23,24). The van der Waals surface area contributed by atoms with Crippen LogP contribution in [0.5, 0.6) is 0 Å². The van der Waals surface area contributed by atoms with E-state index in [2.05, 4.69) is 42.4 Å². The molecular weight excluding hydrogens is 322 g/mol. The number of hydrogen-bond donors (Lipinski definition) is 1. The van der Waals surface area contributed by atoms with Gasteiger partial charge in [-0.1, -0.05) is 57.2 Å². The summed E-state index contributed by atoms with van der Waals surface area (Å²) in [5, 5.41) is 5.50. The highest BCUT2D eigenvalue weighted by molar-refractivity contribution is 5.81. The van der Waals surface area contributed by atoms with Crippen LogP contribution in [-0.4, -0.2) is 25.1 Å². The Labute approximate surface area is 159 Å². The summed E-state index contributed by atoms with van der Waals surface area (Å²) in [5.41, 5.74) is 3.54. The number of hydrogen-bond acceptors (Lipinski definition) is 2. The fourth-order valence-corrected chi connectivity index (χ4v) is 4.55. The minimum Gasteiger partial charge on any atom is -0.321 e. The lowest BCUT2D eigenvalue weighted by atomic mass is 9.77. The predicted octanol–water partition coefficient (Wildman–Crippen LogP) is 4.91. The number of rotatable bonds is 6. The first kappa shape index (κ1) is 19.2. The molecule has 1 N–H and O–H groups in total. The molecule has 1 saturated carbocycles. The molecule has 1 aromatic carbocycles. The second-order valence-electron chi connectivity index (χ2n) is 7.94. The predicted molar refractivity (Wildman–Crippen MR) is 108 cm³/mol. The van der Waals surface area contributed by atoms with E-state index in [0.29, 0.717) is 5.92 Å². The van der Waals surface area contributed by atoms with E-state index in [9.17, 15) is 0 Å². The molecule has 0 bridgehead atoms. The van der Waals surface area contributed by atoms with Crippen LogP contribution in [0.1, 0.15) is 75.0 Å². The van der Waals surface area contributed by atoms with Crippen LogP contribution in [0.4, 0.5) is 0 Å². The molecule has 1 atom stereocenters. The SMILES string of the molecule is CCCCCc1ccc(C)c(C2(C3CCCCC3)NC(=NC)N(C)O2)c1. The zero-order chi connectivity index (χ0) is 18.6. The third-order valence-corrected chi connectivity index (χ3v) is 6.04. The molecule has 1 heterocycles. The average molecular weight is 358 g/mol. The second-order valence-corrected chi connectivity index (χ2v) is 7.94. The molecule has 2 aliphatic rings. The van der Waals surface area contributed by atoms with Gasteiger partial charge in [-0.25, -0.2) is 9.90 Å². The highest BCUT2D eigenvalue weighted by Gasteiger charge is 2.50. The van der Waals surface area contributed by atoms with E-state index in [1.54, 1.807) is 0 Å². The summed E-state index contributed by atoms with van der Waals surface area (Å²) in [6, 6.07) is 6.95. The van der Waals surface area contributed by atoms with Gasteiger partial charge in [0.05, 0.1) is 0 Å². The fraction of sp³-hybridized carbons (Fsp3) is 0.682. The zero-order valence-corrected chi connectivity index (χ0v) is 17.0. The number of aliphatic imine (C=N–C) groups is 1. The van der Waals surface area contributed by atoms with Crippen molar-refractivity contribution in [3.63, 3.8) is 0 Å². The highest BCUT2D eigenvalue weighted by Crippen LogP contribution is 2.44. The molecule has 4 nitrogen and oxygen atoms in total. The van der Waals surface area contributed by atoms with Crippen molar-refractivity contribution in [1.29, 1.82) is 0 Å². The van der Waals surface area contributed by atoms with Crippen molar-refractivity contribution in [2.24, 2.45) is 10.9 Å². The fourth-order valence-electron chi connectivity index (χ4n) is 4.55. The first-order valence-electron chi connectivity index (χ1n) is 10.4. The molecule has 1 saturated heterocycles. The van der Waals surface area contributed by atoms with Crippen LogP contribution in [0.25, 0.3) is 0 Å². The van der Waals surface area contributed by atoms with Crippen LogP contribution in [0.2, 0.25) is 0 Å². The second kappa shape index (κ2) is 8.43. The Morgan fingerprint density at radius 2 is 2.00 bits per heavy atom. The van der Waals surface area contributed by atoms with E-state index in [0.717, 1.165) is 12.4 Å². The van der Waals surface area contributed by atoms with Gasteiger partial charge >= 0.3 is 0 Å². The van der Waals surface area contributed by atoms with Gasteiger partial charge in [-0.3, -0.25) is 4.99 Å². The van der Waals surface area contributed by atoms with Gasteiger partial charge in [0, 0.05) is 25.6 Å². The molecule has 144 valence electrons. The summed E-state index contributed by atoms with van der Waals surface area (Å²) in [6.45, 7) is 4.47. The Hall–Kier alpha value is -1.55. The maximum atomic E-state index is 6.53. The monoisotopic (exact) mass is 357 g/mol. The van der Waals surface area contributed by atoms with E-state index in [-0.39, 0.29) is 0 Å². The van der Waals surface area contributed by atoms with Crippen molar-refractivity contribution in [2.75, 3.05) is 14.1 Å². The van der Waals surface area contributed by atoms with E-state index < -0.39 is 5.72 Å². The van der Waals surface area contributed by atoms with Crippen molar-refractivity contribution >= 4 is 5.96 Å². The van der Waals surface area contributed by atoms with Crippen LogP contribution >= 0.6 is 0 Å². The van der Waals surface area contributed by atoms with Crippen molar-refractivity contribution in [3.8, 4) is 0 Å². The Kier molecular flexibility index (Phi) is 6.23. The maximum Gasteiger partial charge on any atom is 0.220 e. The third-order valence-electron chi connectivity index (χ3n) is 6.04. The number of unbranched alkanes of at least 4 members (excludes halogenated alkanes) is 2. The molecule has 4 heteroatoms. The summed E-state index contributed by atoms with van der Waals surface area (Å²) in [6.07, 6.45) is 11.3. The van der Waals surface area contributed by atoms with Gasteiger partial charge in [0.1, 0.15) is 0 Å². The van der Waals surface area contributed by atoms with Gasteiger partial charge < -0.3 is 5.32 Å². The molecule has 0 aromatic heterocycles. The van der Waals surface area contributed by atoms with Crippen LogP contribution in [0, 0.1) is 12.8 Å². The van der Waals surface area contributed by atoms with E-state index >= 15 is 0 Å². The van der Waals surface area contributed by atoms with Crippen LogP contribution in [0.3, 0.4) is 0 Å². The summed E-state index contributed by atoms with van der Waals surface area (Å²) in [4.78, 5) is 10.9. The largest absolute Gasteiger partial charge is 0.321 e. The first-order valence-corrected chi connectivity index (χ1v) is 10.4. The Bertz CT molecular complexity index is 636. The lowest BCUT2D eigenvalue weighted by Crippen LogP contribution is -2.47. The van der Waals surface area contributed by atoms with Gasteiger partial charge in [0.25, 0.3) is 0 Å². The van der Waals surface area contributed by atoms with Crippen LogP contribution < -0.4 is 5.32 Å². The van der Waals surface area contributed by atoms with Crippen molar-refractivity contribution in [2.45, 2.75) is 77.4 Å². The highest BCUT2D eigenvalue weighted by atomic mass is 16.7. The molecule has 2 fully saturated rings. The molecule has 1 aliphatic carbocycles. The molecule has 0 spiro atoms. The van der Waals surface area contributed by atoms with Gasteiger partial charge in [-0.2, -0.15) is 0 Å². The summed E-state index contributed by atoms with van der Waals surface area (Å²) in [5.74, 6) is 1.30. The summed E-state index contributed by atoms with van der Waals surface area (Å²) in [7, 11) is 3.79. The van der Waals surface area contributed by atoms with E-state index in [4.69, 9.17) is 4.84 Å². The van der Waals surface area contributed by atoms with E-state index in [1.807, 2.05) is 19.2 Å². The van der Waals surface area contributed by atoms with Gasteiger partial charge in [0.2, 0.25) is 5.96 Å². The van der Waals surface area contributed by atoms with Crippen molar-refractivity contribution < 1.29 is 4.84 Å². The number of hydroxylamine groups is 2. The molecular formula is C22H35N3O. The molecule has 0 amide bonds. The molecule has 1 aromatic rings. The van der Waals surface area contributed by atoms with Gasteiger partial charge in [-0.05, 0) is 43.7 Å². The topological polar surface area (TPSA) is 36.9 Å². The van der Waals surface area contributed by atoms with Crippen LogP contribution in [0.15, 0.2) is 23.2 Å². The smallest absolute Gasteiger partial charge is 0.220 e. The minimum absolute atomic E-state index is 0.475. The molecule has 1 unspecified atom stereocenters.